The van der Waals surface area contributed by atoms with Gasteiger partial charge in [0.2, 0.25) is 5.91 Å². The van der Waals surface area contributed by atoms with Gasteiger partial charge in [0.25, 0.3) is 5.91 Å². The number of carbonyl (C=O) groups is 2. The summed E-state index contributed by atoms with van der Waals surface area (Å²) in [5.41, 5.74) is 4.72. The van der Waals surface area contributed by atoms with Gasteiger partial charge in [-0.1, -0.05) is 25.1 Å². The Bertz CT molecular complexity index is 451. The number of nitrogens with one attached hydrogen (secondary N) is 3. The fraction of sp³-hybridized carbons (Fsp3) is 0.250. The highest BCUT2D eigenvalue weighted by molar-refractivity contribution is 7.80. The number of para-hydroxylation sites is 1. The van der Waals surface area contributed by atoms with E-state index in [-0.39, 0.29) is 17.6 Å². The second kappa shape index (κ2) is 8.04. The van der Waals surface area contributed by atoms with Crippen molar-refractivity contribution >= 4 is 29.1 Å². The number of hydrogen-bond donors (Lipinski definition) is 3. The van der Waals surface area contributed by atoms with Crippen LogP contribution in [-0.2, 0) is 9.59 Å². The molecule has 102 valence electrons. The van der Waals surface area contributed by atoms with E-state index in [2.05, 4.69) is 16.2 Å². The lowest BCUT2D eigenvalue weighted by Gasteiger charge is -2.10. The zero-order chi connectivity index (χ0) is 14.1. The SMILES string of the molecule is CCC(=O)NC(=S)NNC(=O)COc1ccccc1. The predicted octanol–water partition coefficient (Wildman–Crippen LogP) is 0.497. The molecule has 1 rings (SSSR count). The molecule has 0 aromatic heterocycles. The van der Waals surface area contributed by atoms with Crippen LogP contribution in [0.3, 0.4) is 0 Å². The molecule has 1 aromatic carbocycles. The minimum Gasteiger partial charge on any atom is -0.484 e. The average molecular weight is 281 g/mol. The van der Waals surface area contributed by atoms with Gasteiger partial charge in [-0.2, -0.15) is 0 Å². The third kappa shape index (κ3) is 6.37. The van der Waals surface area contributed by atoms with Gasteiger partial charge in [0.15, 0.2) is 11.7 Å². The first-order chi connectivity index (χ1) is 9.11. The molecule has 0 aliphatic rings. The third-order valence-electron chi connectivity index (χ3n) is 2.00. The predicted molar refractivity (Wildman–Crippen MR) is 74.2 cm³/mol. The van der Waals surface area contributed by atoms with E-state index < -0.39 is 5.91 Å². The van der Waals surface area contributed by atoms with E-state index in [0.29, 0.717) is 12.2 Å². The summed E-state index contributed by atoms with van der Waals surface area (Å²) in [6, 6.07) is 8.95. The van der Waals surface area contributed by atoms with Crippen LogP contribution < -0.4 is 20.9 Å². The van der Waals surface area contributed by atoms with Crippen molar-refractivity contribution in [2.75, 3.05) is 6.61 Å². The largest absolute Gasteiger partial charge is 0.484 e. The Balaban J connectivity index is 2.21. The van der Waals surface area contributed by atoms with Crippen LogP contribution >= 0.6 is 12.2 Å². The highest BCUT2D eigenvalue weighted by Crippen LogP contribution is 2.07. The van der Waals surface area contributed by atoms with Gasteiger partial charge < -0.3 is 10.1 Å². The van der Waals surface area contributed by atoms with Crippen molar-refractivity contribution in [1.82, 2.24) is 16.2 Å². The van der Waals surface area contributed by atoms with Gasteiger partial charge >= 0.3 is 0 Å². The maximum absolute atomic E-state index is 11.4. The monoisotopic (exact) mass is 281 g/mol. The lowest BCUT2D eigenvalue weighted by Crippen LogP contribution is -2.49. The molecule has 0 atom stereocenters. The summed E-state index contributed by atoms with van der Waals surface area (Å²) in [5, 5.41) is 2.43. The zero-order valence-electron chi connectivity index (χ0n) is 10.4. The summed E-state index contributed by atoms with van der Waals surface area (Å²) in [7, 11) is 0. The second-order valence-electron chi connectivity index (χ2n) is 3.51. The van der Waals surface area contributed by atoms with E-state index >= 15 is 0 Å². The molecule has 2 amide bonds. The molecule has 0 heterocycles. The molecule has 7 heteroatoms. The molecule has 0 unspecified atom stereocenters. The van der Waals surface area contributed by atoms with Crippen LogP contribution in [0.1, 0.15) is 13.3 Å². The number of hydrazine groups is 1. The number of carbonyl (C=O) groups excluding carboxylic acids is 2. The lowest BCUT2D eigenvalue weighted by molar-refractivity contribution is -0.124. The molecule has 19 heavy (non-hydrogen) atoms. The fourth-order valence-corrected chi connectivity index (χ4v) is 1.24. The van der Waals surface area contributed by atoms with E-state index in [1.165, 1.54) is 0 Å². The maximum atomic E-state index is 11.4. The Hall–Kier alpha value is -2.15. The molecule has 3 N–H and O–H groups in total. The van der Waals surface area contributed by atoms with Crippen molar-refractivity contribution in [2.45, 2.75) is 13.3 Å². The van der Waals surface area contributed by atoms with Gasteiger partial charge in [-0.05, 0) is 24.4 Å². The van der Waals surface area contributed by atoms with E-state index in [1.54, 1.807) is 31.2 Å². The van der Waals surface area contributed by atoms with Crippen molar-refractivity contribution in [3.63, 3.8) is 0 Å². The van der Waals surface area contributed by atoms with Crippen molar-refractivity contribution in [2.24, 2.45) is 0 Å². The van der Waals surface area contributed by atoms with Crippen LogP contribution in [0, 0.1) is 0 Å². The topological polar surface area (TPSA) is 79.5 Å². The van der Waals surface area contributed by atoms with Gasteiger partial charge in [0.1, 0.15) is 5.75 Å². The second-order valence-corrected chi connectivity index (χ2v) is 3.91. The lowest BCUT2D eigenvalue weighted by atomic mass is 10.3. The molecule has 0 fully saturated rings. The van der Waals surface area contributed by atoms with Gasteiger partial charge in [0, 0.05) is 6.42 Å². The average Bonchev–Trinajstić information content (AvgIpc) is 2.43. The normalized spacial score (nSPS) is 9.32. The van der Waals surface area contributed by atoms with Crippen molar-refractivity contribution < 1.29 is 14.3 Å². The summed E-state index contributed by atoms with van der Waals surface area (Å²) >= 11 is 4.79. The highest BCUT2D eigenvalue weighted by atomic mass is 32.1. The van der Waals surface area contributed by atoms with Crippen LogP contribution in [0.5, 0.6) is 5.75 Å². The Morgan fingerprint density at radius 1 is 1.16 bits per heavy atom. The quantitative estimate of drug-likeness (QED) is 0.553. The number of hydrogen-bond acceptors (Lipinski definition) is 4. The summed E-state index contributed by atoms with van der Waals surface area (Å²) < 4.78 is 5.22. The van der Waals surface area contributed by atoms with Crippen LogP contribution in [0.15, 0.2) is 30.3 Å². The molecule has 6 nitrogen and oxygen atoms in total. The Labute approximate surface area is 116 Å². The first-order valence-corrected chi connectivity index (χ1v) is 6.09. The first kappa shape index (κ1) is 14.9. The van der Waals surface area contributed by atoms with E-state index in [9.17, 15) is 9.59 Å². The summed E-state index contributed by atoms with van der Waals surface area (Å²) in [6.45, 7) is 1.55. The Kier molecular flexibility index (Phi) is 6.31. The van der Waals surface area contributed by atoms with E-state index in [1.807, 2.05) is 6.07 Å². The van der Waals surface area contributed by atoms with E-state index in [4.69, 9.17) is 17.0 Å². The number of benzene rings is 1. The minimum atomic E-state index is -0.406. The molecule has 0 radical (unpaired) electrons. The molecule has 0 bridgehead atoms. The number of rotatable bonds is 4. The Morgan fingerprint density at radius 3 is 2.47 bits per heavy atom. The molecule has 1 aromatic rings. The van der Waals surface area contributed by atoms with E-state index in [0.717, 1.165) is 0 Å². The minimum absolute atomic E-state index is 0.0416. The van der Waals surface area contributed by atoms with Crippen molar-refractivity contribution in [3.05, 3.63) is 30.3 Å². The molecule has 0 aliphatic heterocycles. The number of thiocarbonyl (C=S) groups is 1. The van der Waals surface area contributed by atoms with Crippen LogP contribution in [0.25, 0.3) is 0 Å². The molecule has 0 aliphatic carbocycles. The summed E-state index contributed by atoms with van der Waals surface area (Å²) in [6.07, 6.45) is 0.312. The van der Waals surface area contributed by atoms with Crippen LogP contribution in [0.4, 0.5) is 0 Å². The van der Waals surface area contributed by atoms with Gasteiger partial charge in [-0.25, -0.2) is 0 Å². The zero-order valence-corrected chi connectivity index (χ0v) is 11.3. The molecule has 0 saturated heterocycles. The number of amides is 2. The summed E-state index contributed by atoms with van der Waals surface area (Å²) in [4.78, 5) is 22.4. The number of ether oxygens (including phenoxy) is 1. The van der Waals surface area contributed by atoms with Gasteiger partial charge in [-0.15, -0.1) is 0 Å². The van der Waals surface area contributed by atoms with Gasteiger partial charge in [0.05, 0.1) is 0 Å². The molecule has 0 saturated carbocycles. The summed E-state index contributed by atoms with van der Waals surface area (Å²) in [5.74, 6) is -0.0382. The van der Waals surface area contributed by atoms with Crippen molar-refractivity contribution in [3.8, 4) is 5.75 Å². The van der Waals surface area contributed by atoms with Gasteiger partial charge in [-0.3, -0.25) is 20.4 Å². The highest BCUT2D eigenvalue weighted by Gasteiger charge is 2.04. The molecular formula is C12H15N3O3S. The van der Waals surface area contributed by atoms with Crippen molar-refractivity contribution in [1.29, 1.82) is 0 Å². The first-order valence-electron chi connectivity index (χ1n) is 5.68. The van der Waals surface area contributed by atoms with Crippen LogP contribution in [-0.4, -0.2) is 23.5 Å². The van der Waals surface area contributed by atoms with Crippen LogP contribution in [0.2, 0.25) is 0 Å². The molecular weight excluding hydrogens is 266 g/mol. The fourth-order valence-electron chi connectivity index (χ4n) is 1.07. The standard InChI is InChI=1S/C12H15N3O3S/c1-2-10(16)13-12(19)15-14-11(17)8-18-9-6-4-3-5-7-9/h3-7H,2,8H2,1H3,(H,14,17)(H2,13,15,16,19). The third-order valence-corrected chi connectivity index (χ3v) is 2.21. The molecule has 0 spiro atoms. The Morgan fingerprint density at radius 2 is 1.84 bits per heavy atom. The maximum Gasteiger partial charge on any atom is 0.276 e. The smallest absolute Gasteiger partial charge is 0.276 e.